The zero-order chi connectivity index (χ0) is 28.8. The number of nitrogens with two attached hydrogens (primary N) is 1. The van der Waals surface area contributed by atoms with E-state index in [9.17, 15) is 4.79 Å². The Kier molecular flexibility index (Phi) is 8.70. The second kappa shape index (κ2) is 12.4. The Hall–Kier alpha value is -4.83. The molecule has 1 heterocycles. The normalized spacial score (nSPS) is 12.0. The highest BCUT2D eigenvalue weighted by molar-refractivity contribution is 6.33. The fourth-order valence-electron chi connectivity index (χ4n) is 4.05. The SMILES string of the molecule is COc1ccc(C(=N)c2c(N)ncnc2NC(C)C(=Nc2ccccc2C)N(C=O)c2ccccc2)c(F)c1Cl. The Morgan fingerprint density at radius 3 is 2.52 bits per heavy atom. The van der Waals surface area contributed by atoms with Gasteiger partial charge < -0.3 is 15.8 Å². The zero-order valence-electron chi connectivity index (χ0n) is 22.0. The van der Waals surface area contributed by atoms with Gasteiger partial charge in [-0.25, -0.2) is 19.4 Å². The molecule has 4 N–H and O–H groups in total. The smallest absolute Gasteiger partial charge is 0.219 e. The number of nitrogens with one attached hydrogen (secondary N) is 2. The number of amidine groups is 1. The van der Waals surface area contributed by atoms with E-state index in [1.54, 1.807) is 19.1 Å². The van der Waals surface area contributed by atoms with Crippen molar-refractivity contribution in [3.05, 3.63) is 101 Å². The first kappa shape index (κ1) is 28.2. The summed E-state index contributed by atoms with van der Waals surface area (Å²) in [6, 6.07) is 18.7. The molecule has 40 heavy (non-hydrogen) atoms. The molecule has 0 fully saturated rings. The number of aliphatic imine (C=N–C) groups is 1. The molecule has 0 aliphatic rings. The molecule has 11 heteroatoms. The number of nitrogen functional groups attached to an aromatic ring is 1. The Morgan fingerprint density at radius 2 is 1.85 bits per heavy atom. The molecule has 0 bridgehead atoms. The van der Waals surface area contributed by atoms with Crippen LogP contribution in [0.4, 0.5) is 27.4 Å². The minimum Gasteiger partial charge on any atom is -0.495 e. The van der Waals surface area contributed by atoms with E-state index >= 15 is 4.39 Å². The van der Waals surface area contributed by atoms with Gasteiger partial charge in [0.2, 0.25) is 6.41 Å². The van der Waals surface area contributed by atoms with E-state index < -0.39 is 11.9 Å². The lowest BCUT2D eigenvalue weighted by atomic mass is 10.0. The standard InChI is InChI=1S/C29H27ClFN7O2/c1-17-9-7-8-12-21(17)37-29(38(16-39)19-10-5-4-6-11-19)18(2)36-28-23(27(33)34-15-35-28)26(32)20-13-14-22(40-3)24(30)25(20)31/h4-16,18,32H,1-3H3,(H3,33,34,35,36). The summed E-state index contributed by atoms with van der Waals surface area (Å²) >= 11 is 6.11. The highest BCUT2D eigenvalue weighted by Gasteiger charge is 2.26. The molecule has 0 spiro atoms. The second-order valence-electron chi connectivity index (χ2n) is 8.73. The van der Waals surface area contributed by atoms with E-state index in [1.807, 2.05) is 49.4 Å². The molecule has 0 saturated heterocycles. The molecule has 0 aliphatic heterocycles. The minimum absolute atomic E-state index is 0.0475. The maximum atomic E-state index is 15.1. The van der Waals surface area contributed by atoms with Gasteiger partial charge in [-0.3, -0.25) is 15.1 Å². The summed E-state index contributed by atoms with van der Waals surface area (Å²) in [5.41, 5.74) is 8.00. The lowest BCUT2D eigenvalue weighted by Crippen LogP contribution is -2.41. The Bertz CT molecular complexity index is 1580. The number of hydrogen-bond acceptors (Lipinski definition) is 8. The van der Waals surface area contributed by atoms with Crippen molar-refractivity contribution in [3.8, 4) is 5.75 Å². The van der Waals surface area contributed by atoms with Crippen molar-refractivity contribution in [2.45, 2.75) is 19.9 Å². The first-order valence-corrected chi connectivity index (χ1v) is 12.6. The average Bonchev–Trinajstić information content (AvgIpc) is 2.95. The summed E-state index contributed by atoms with van der Waals surface area (Å²) < 4.78 is 20.2. The number of ether oxygens (including phenoxy) is 1. The van der Waals surface area contributed by atoms with Gasteiger partial charge in [0.05, 0.1) is 30.1 Å². The number of carbonyl (C=O) groups excluding carboxylic acids is 1. The van der Waals surface area contributed by atoms with Gasteiger partial charge in [0, 0.05) is 11.3 Å². The molecule has 4 aromatic rings. The van der Waals surface area contributed by atoms with Crippen molar-refractivity contribution in [1.29, 1.82) is 5.41 Å². The molecule has 1 amide bonds. The number of halogens is 2. The third-order valence-electron chi connectivity index (χ3n) is 6.14. The van der Waals surface area contributed by atoms with Crippen LogP contribution < -0.4 is 20.7 Å². The number of rotatable bonds is 9. The van der Waals surface area contributed by atoms with Gasteiger partial charge in [-0.2, -0.15) is 0 Å². The predicted molar refractivity (Wildman–Crippen MR) is 157 cm³/mol. The molecule has 204 valence electrons. The average molecular weight is 560 g/mol. The molecule has 1 atom stereocenters. The molecule has 1 aromatic heterocycles. The van der Waals surface area contributed by atoms with Gasteiger partial charge in [-0.15, -0.1) is 0 Å². The number of nitrogens with zero attached hydrogens (tertiary/aromatic N) is 4. The molecule has 1 unspecified atom stereocenters. The van der Waals surface area contributed by atoms with Crippen molar-refractivity contribution in [3.63, 3.8) is 0 Å². The topological polar surface area (TPSA) is 130 Å². The van der Waals surface area contributed by atoms with Crippen molar-refractivity contribution in [1.82, 2.24) is 9.97 Å². The quantitative estimate of drug-likeness (QED) is 0.135. The fourth-order valence-corrected chi connectivity index (χ4v) is 4.29. The van der Waals surface area contributed by atoms with Crippen LogP contribution in [0, 0.1) is 18.2 Å². The predicted octanol–water partition coefficient (Wildman–Crippen LogP) is 5.78. The zero-order valence-corrected chi connectivity index (χ0v) is 22.8. The third kappa shape index (κ3) is 5.76. The molecule has 0 saturated carbocycles. The van der Waals surface area contributed by atoms with Crippen LogP contribution in [0.1, 0.15) is 23.6 Å². The van der Waals surface area contributed by atoms with E-state index in [-0.39, 0.29) is 39.2 Å². The summed E-state index contributed by atoms with van der Waals surface area (Å²) in [4.78, 5) is 26.9. The lowest BCUT2D eigenvalue weighted by Gasteiger charge is -2.26. The second-order valence-corrected chi connectivity index (χ2v) is 9.11. The molecular weight excluding hydrogens is 533 g/mol. The summed E-state index contributed by atoms with van der Waals surface area (Å²) in [5, 5.41) is 11.7. The van der Waals surface area contributed by atoms with E-state index in [4.69, 9.17) is 32.5 Å². The number of aryl methyl sites for hydroxylation is 1. The van der Waals surface area contributed by atoms with Crippen LogP contribution in [-0.4, -0.2) is 41.1 Å². The Labute approximate surface area is 236 Å². The van der Waals surface area contributed by atoms with Gasteiger partial charge in [0.1, 0.15) is 34.6 Å². The van der Waals surface area contributed by atoms with Gasteiger partial charge in [0.15, 0.2) is 5.82 Å². The van der Waals surface area contributed by atoms with E-state index in [0.717, 1.165) is 5.56 Å². The molecule has 4 rings (SSSR count). The van der Waals surface area contributed by atoms with Gasteiger partial charge in [-0.1, -0.05) is 48.0 Å². The van der Waals surface area contributed by atoms with Gasteiger partial charge in [-0.05, 0) is 49.7 Å². The Morgan fingerprint density at radius 1 is 1.15 bits per heavy atom. The van der Waals surface area contributed by atoms with Crippen LogP contribution in [-0.2, 0) is 4.79 Å². The summed E-state index contributed by atoms with van der Waals surface area (Å²) in [7, 11) is 1.37. The first-order chi connectivity index (χ1) is 19.3. The lowest BCUT2D eigenvalue weighted by molar-refractivity contribution is -0.106. The maximum absolute atomic E-state index is 15.1. The van der Waals surface area contributed by atoms with E-state index in [2.05, 4.69) is 15.3 Å². The van der Waals surface area contributed by atoms with Crippen molar-refractivity contribution < 1.29 is 13.9 Å². The monoisotopic (exact) mass is 559 g/mol. The number of para-hydroxylation sites is 2. The van der Waals surface area contributed by atoms with Gasteiger partial charge in [0.25, 0.3) is 0 Å². The number of carbonyl (C=O) groups is 1. The summed E-state index contributed by atoms with van der Waals surface area (Å²) in [6.07, 6.45) is 1.90. The Balaban J connectivity index is 1.79. The van der Waals surface area contributed by atoms with Crippen LogP contribution in [0.2, 0.25) is 5.02 Å². The number of hydrogen-bond donors (Lipinski definition) is 3. The van der Waals surface area contributed by atoms with Crippen molar-refractivity contribution in [2.24, 2.45) is 4.99 Å². The highest BCUT2D eigenvalue weighted by Crippen LogP contribution is 2.32. The fraction of sp³-hybridized carbons (Fsp3) is 0.138. The number of benzene rings is 3. The van der Waals surface area contributed by atoms with Crippen LogP contribution >= 0.6 is 11.6 Å². The van der Waals surface area contributed by atoms with Crippen LogP contribution in [0.15, 0.2) is 78.0 Å². The van der Waals surface area contributed by atoms with E-state index in [1.165, 1.54) is 30.5 Å². The molecule has 0 aliphatic carbocycles. The number of anilines is 3. The first-order valence-electron chi connectivity index (χ1n) is 12.2. The minimum atomic E-state index is -0.841. The van der Waals surface area contributed by atoms with Crippen LogP contribution in [0.5, 0.6) is 5.75 Å². The van der Waals surface area contributed by atoms with Crippen LogP contribution in [0.25, 0.3) is 0 Å². The molecule has 3 aromatic carbocycles. The maximum Gasteiger partial charge on any atom is 0.219 e. The van der Waals surface area contributed by atoms with Crippen molar-refractivity contribution in [2.75, 3.05) is 23.1 Å². The number of aromatic nitrogens is 2. The number of methoxy groups -OCH3 is 1. The van der Waals surface area contributed by atoms with Crippen molar-refractivity contribution >= 4 is 52.6 Å². The molecular formula is C29H27ClFN7O2. The highest BCUT2D eigenvalue weighted by atomic mass is 35.5. The summed E-state index contributed by atoms with van der Waals surface area (Å²) in [6.45, 7) is 3.70. The molecule has 9 nitrogen and oxygen atoms in total. The van der Waals surface area contributed by atoms with Gasteiger partial charge >= 0.3 is 0 Å². The third-order valence-corrected chi connectivity index (χ3v) is 6.49. The van der Waals surface area contributed by atoms with E-state index in [0.29, 0.717) is 23.6 Å². The largest absolute Gasteiger partial charge is 0.495 e. The molecule has 0 radical (unpaired) electrons. The van der Waals surface area contributed by atoms with Crippen LogP contribution in [0.3, 0.4) is 0 Å². The summed E-state index contributed by atoms with van der Waals surface area (Å²) in [5.74, 6) is -0.261. The number of amides is 1.